The molecule has 3 rings (SSSR count). The number of nitrogen functional groups attached to an aromatic ring is 2. The molecule has 0 radical (unpaired) electrons. The van der Waals surface area contributed by atoms with Crippen molar-refractivity contribution in [3.63, 3.8) is 0 Å². The van der Waals surface area contributed by atoms with Crippen molar-refractivity contribution in [3.05, 3.63) is 35.4 Å². The van der Waals surface area contributed by atoms with Gasteiger partial charge in [-0.15, -0.1) is 0 Å². The smallest absolute Gasteiger partial charge is 0.222 e. The summed E-state index contributed by atoms with van der Waals surface area (Å²) in [5, 5.41) is 12.3. The van der Waals surface area contributed by atoms with E-state index in [0.717, 1.165) is 17.7 Å². The van der Waals surface area contributed by atoms with E-state index in [2.05, 4.69) is 15.3 Å². The first-order valence-electron chi connectivity index (χ1n) is 6.45. The van der Waals surface area contributed by atoms with Crippen LogP contribution in [-0.4, -0.2) is 23.2 Å². The fourth-order valence-corrected chi connectivity index (χ4v) is 2.29. The Morgan fingerprint density at radius 2 is 2.00 bits per heavy atom. The van der Waals surface area contributed by atoms with E-state index in [4.69, 9.17) is 16.2 Å². The molecule has 0 aliphatic carbocycles. The molecule has 2 aromatic rings. The first-order valence-corrected chi connectivity index (χ1v) is 6.45. The van der Waals surface area contributed by atoms with Crippen LogP contribution in [0.4, 0.5) is 11.8 Å². The average molecular weight is 282 g/mol. The Hall–Kier alpha value is -2.69. The van der Waals surface area contributed by atoms with E-state index in [-0.39, 0.29) is 23.4 Å². The van der Waals surface area contributed by atoms with Gasteiger partial charge >= 0.3 is 0 Å². The van der Waals surface area contributed by atoms with Crippen molar-refractivity contribution in [2.75, 3.05) is 24.7 Å². The summed E-state index contributed by atoms with van der Waals surface area (Å²) in [5.74, 6) is 0.140. The monoisotopic (exact) mass is 282 g/mol. The van der Waals surface area contributed by atoms with Gasteiger partial charge in [0.1, 0.15) is 17.5 Å². The van der Waals surface area contributed by atoms with Crippen LogP contribution in [0.15, 0.2) is 24.3 Å². The molecular weight excluding hydrogens is 268 g/mol. The zero-order valence-electron chi connectivity index (χ0n) is 11.2. The van der Waals surface area contributed by atoms with E-state index < -0.39 is 0 Å². The second-order valence-corrected chi connectivity index (χ2v) is 4.68. The van der Waals surface area contributed by atoms with Crippen LogP contribution in [0, 0.1) is 11.3 Å². The first kappa shape index (κ1) is 13.3. The van der Waals surface area contributed by atoms with E-state index in [1.807, 2.05) is 30.3 Å². The van der Waals surface area contributed by atoms with Gasteiger partial charge in [0.15, 0.2) is 0 Å². The number of anilines is 2. The van der Waals surface area contributed by atoms with E-state index in [0.29, 0.717) is 12.4 Å². The summed E-state index contributed by atoms with van der Waals surface area (Å²) in [4.78, 5) is 7.93. The standard InChI is InChI=1S/C14H14N6O/c15-5-10-12(19-14(17)20-13(10)16)9-3-1-8(2-4-9)11-6-18-7-21-11/h1-4,11,18H,6-7H2,(H4,16,17,19,20). The molecule has 5 N–H and O–H groups in total. The predicted molar refractivity (Wildman–Crippen MR) is 77.7 cm³/mol. The highest BCUT2D eigenvalue weighted by atomic mass is 16.5. The number of aromatic nitrogens is 2. The molecule has 1 fully saturated rings. The second kappa shape index (κ2) is 5.36. The number of hydrogen-bond donors (Lipinski definition) is 3. The Morgan fingerprint density at radius 1 is 1.24 bits per heavy atom. The molecule has 1 atom stereocenters. The lowest BCUT2D eigenvalue weighted by atomic mass is 10.0. The van der Waals surface area contributed by atoms with Crippen molar-refractivity contribution in [1.82, 2.24) is 15.3 Å². The summed E-state index contributed by atoms with van der Waals surface area (Å²) in [6.07, 6.45) is 0.0509. The maximum Gasteiger partial charge on any atom is 0.222 e. The molecule has 0 spiro atoms. The Morgan fingerprint density at radius 3 is 2.62 bits per heavy atom. The Balaban J connectivity index is 1.99. The third kappa shape index (κ3) is 2.50. The van der Waals surface area contributed by atoms with Gasteiger partial charge in [0.25, 0.3) is 0 Å². The normalized spacial score (nSPS) is 17.6. The number of benzene rings is 1. The molecule has 106 valence electrons. The lowest BCUT2D eigenvalue weighted by Crippen LogP contribution is -2.08. The summed E-state index contributed by atoms with van der Waals surface area (Å²) in [6, 6.07) is 9.66. The zero-order chi connectivity index (χ0) is 14.8. The van der Waals surface area contributed by atoms with E-state index in [1.165, 1.54) is 0 Å². The average Bonchev–Trinajstić information content (AvgIpc) is 3.01. The van der Waals surface area contributed by atoms with Crippen LogP contribution in [0.2, 0.25) is 0 Å². The van der Waals surface area contributed by atoms with Crippen molar-refractivity contribution in [2.24, 2.45) is 0 Å². The van der Waals surface area contributed by atoms with Gasteiger partial charge < -0.3 is 16.2 Å². The highest BCUT2D eigenvalue weighted by Crippen LogP contribution is 2.27. The highest BCUT2D eigenvalue weighted by Gasteiger charge is 2.18. The molecule has 1 aromatic heterocycles. The van der Waals surface area contributed by atoms with Crippen LogP contribution in [0.5, 0.6) is 0 Å². The Labute approximate surface area is 121 Å². The van der Waals surface area contributed by atoms with E-state index in [9.17, 15) is 5.26 Å². The zero-order valence-corrected chi connectivity index (χ0v) is 11.2. The molecule has 2 heterocycles. The fraction of sp³-hybridized carbons (Fsp3) is 0.214. The van der Waals surface area contributed by atoms with Gasteiger partial charge in [0, 0.05) is 12.1 Å². The summed E-state index contributed by atoms with van der Waals surface area (Å²) >= 11 is 0. The van der Waals surface area contributed by atoms with Crippen LogP contribution in [-0.2, 0) is 4.74 Å². The molecule has 1 aliphatic heterocycles. The number of hydrogen-bond acceptors (Lipinski definition) is 7. The van der Waals surface area contributed by atoms with Crippen molar-refractivity contribution >= 4 is 11.8 Å². The second-order valence-electron chi connectivity index (χ2n) is 4.68. The number of nitrogens with zero attached hydrogens (tertiary/aromatic N) is 3. The van der Waals surface area contributed by atoms with Crippen LogP contribution < -0.4 is 16.8 Å². The van der Waals surface area contributed by atoms with Gasteiger partial charge in [-0.3, -0.25) is 5.32 Å². The maximum absolute atomic E-state index is 9.20. The van der Waals surface area contributed by atoms with Gasteiger partial charge in [-0.2, -0.15) is 10.2 Å². The van der Waals surface area contributed by atoms with Gasteiger partial charge in [-0.1, -0.05) is 24.3 Å². The van der Waals surface area contributed by atoms with Crippen molar-refractivity contribution < 1.29 is 4.74 Å². The lowest BCUT2D eigenvalue weighted by Gasteiger charge is -2.10. The Bertz CT molecular complexity index is 701. The largest absolute Gasteiger partial charge is 0.382 e. The number of rotatable bonds is 2. The van der Waals surface area contributed by atoms with Gasteiger partial charge in [-0.05, 0) is 5.56 Å². The summed E-state index contributed by atoms with van der Waals surface area (Å²) < 4.78 is 5.54. The molecule has 0 bridgehead atoms. The maximum atomic E-state index is 9.20. The third-order valence-corrected chi connectivity index (χ3v) is 3.34. The number of ether oxygens (including phenoxy) is 1. The molecule has 1 aromatic carbocycles. The van der Waals surface area contributed by atoms with Crippen LogP contribution in [0.25, 0.3) is 11.3 Å². The van der Waals surface area contributed by atoms with Gasteiger partial charge in [0.2, 0.25) is 5.95 Å². The van der Waals surface area contributed by atoms with Crippen molar-refractivity contribution in [2.45, 2.75) is 6.10 Å². The molecule has 7 nitrogen and oxygen atoms in total. The summed E-state index contributed by atoms with van der Waals surface area (Å²) in [5.41, 5.74) is 13.8. The predicted octanol–water partition coefficient (Wildman–Crippen LogP) is 0.798. The molecule has 0 saturated carbocycles. The minimum atomic E-state index is 0.0499. The molecule has 1 aliphatic rings. The summed E-state index contributed by atoms with van der Waals surface area (Å²) in [6.45, 7) is 1.35. The SMILES string of the molecule is N#Cc1c(N)nc(N)nc1-c1ccc(C2CNCO2)cc1. The minimum Gasteiger partial charge on any atom is -0.382 e. The fourth-order valence-electron chi connectivity index (χ4n) is 2.29. The molecule has 0 amide bonds. The lowest BCUT2D eigenvalue weighted by molar-refractivity contribution is 0.114. The minimum absolute atomic E-state index is 0.0499. The molecular formula is C14H14N6O. The number of nitrogens with two attached hydrogens (primary N) is 2. The topological polar surface area (TPSA) is 123 Å². The molecule has 21 heavy (non-hydrogen) atoms. The highest BCUT2D eigenvalue weighted by molar-refractivity contribution is 5.73. The molecule has 1 saturated heterocycles. The molecule has 7 heteroatoms. The quantitative estimate of drug-likeness (QED) is 0.744. The van der Waals surface area contributed by atoms with Crippen molar-refractivity contribution in [3.8, 4) is 17.3 Å². The number of nitriles is 1. The third-order valence-electron chi connectivity index (χ3n) is 3.34. The van der Waals surface area contributed by atoms with Gasteiger partial charge in [0.05, 0.1) is 18.5 Å². The van der Waals surface area contributed by atoms with Crippen LogP contribution in [0.3, 0.4) is 0 Å². The van der Waals surface area contributed by atoms with E-state index >= 15 is 0 Å². The Kier molecular flexibility index (Phi) is 3.39. The summed E-state index contributed by atoms with van der Waals surface area (Å²) in [7, 11) is 0. The van der Waals surface area contributed by atoms with Crippen LogP contribution >= 0.6 is 0 Å². The number of nitrogens with one attached hydrogen (secondary N) is 1. The molecule has 1 unspecified atom stereocenters. The first-order chi connectivity index (χ1) is 10.2. The van der Waals surface area contributed by atoms with Gasteiger partial charge in [-0.25, -0.2) is 4.98 Å². The van der Waals surface area contributed by atoms with E-state index in [1.54, 1.807) is 0 Å². The van der Waals surface area contributed by atoms with Crippen molar-refractivity contribution in [1.29, 1.82) is 5.26 Å². The van der Waals surface area contributed by atoms with Crippen LogP contribution in [0.1, 0.15) is 17.2 Å².